The number of aliphatic imine (C=N–C) groups is 1. The standard InChI is InChI=1S/C23H28N4O3S/c28-22(26-17-7-8-17)16-25-23(24-11-14-31-19-5-2-1-3-6-19)27-18-9-10-20-21(15-18)30-13-4-12-29-20/h1-3,5-6,9-10,15,17H,4,7-8,11-14,16H2,(H,26,28)(H2,24,25,27). The Balaban J connectivity index is 1.36. The lowest BCUT2D eigenvalue weighted by Gasteiger charge is -2.14. The molecule has 2 aromatic rings. The number of rotatable bonds is 8. The quantitative estimate of drug-likeness (QED) is 0.253. The zero-order valence-corrected chi connectivity index (χ0v) is 18.2. The van der Waals surface area contributed by atoms with Gasteiger partial charge < -0.3 is 25.4 Å². The van der Waals surface area contributed by atoms with Gasteiger partial charge in [0.25, 0.3) is 0 Å². The van der Waals surface area contributed by atoms with Gasteiger partial charge in [-0.3, -0.25) is 4.79 Å². The molecule has 8 heteroatoms. The van der Waals surface area contributed by atoms with Crippen molar-refractivity contribution in [3.63, 3.8) is 0 Å². The molecule has 0 saturated heterocycles. The first-order chi connectivity index (χ1) is 15.3. The van der Waals surface area contributed by atoms with Gasteiger partial charge in [-0.2, -0.15) is 0 Å². The molecule has 0 radical (unpaired) electrons. The van der Waals surface area contributed by atoms with E-state index >= 15 is 0 Å². The van der Waals surface area contributed by atoms with Crippen LogP contribution in [0.15, 0.2) is 58.4 Å². The van der Waals surface area contributed by atoms with Crippen LogP contribution in [0.1, 0.15) is 19.3 Å². The third-order valence-electron chi connectivity index (χ3n) is 4.74. The zero-order valence-electron chi connectivity index (χ0n) is 17.4. The third-order valence-corrected chi connectivity index (χ3v) is 5.75. The number of fused-ring (bicyclic) bond motifs is 1. The second-order valence-electron chi connectivity index (χ2n) is 7.43. The number of anilines is 1. The molecule has 164 valence electrons. The summed E-state index contributed by atoms with van der Waals surface area (Å²) in [5, 5.41) is 9.58. The predicted molar refractivity (Wildman–Crippen MR) is 124 cm³/mol. The first-order valence-corrected chi connectivity index (χ1v) is 11.7. The second-order valence-corrected chi connectivity index (χ2v) is 8.60. The molecule has 4 rings (SSSR count). The van der Waals surface area contributed by atoms with Crippen LogP contribution in [0.25, 0.3) is 0 Å². The van der Waals surface area contributed by atoms with Gasteiger partial charge in [0.05, 0.1) is 13.2 Å². The van der Waals surface area contributed by atoms with E-state index < -0.39 is 0 Å². The monoisotopic (exact) mass is 440 g/mol. The van der Waals surface area contributed by atoms with Crippen LogP contribution < -0.4 is 25.4 Å². The third kappa shape index (κ3) is 7.10. The van der Waals surface area contributed by atoms with E-state index in [0.29, 0.717) is 37.5 Å². The van der Waals surface area contributed by atoms with E-state index in [0.717, 1.165) is 36.5 Å². The molecule has 0 unspecified atom stereocenters. The van der Waals surface area contributed by atoms with Crippen LogP contribution in [0.3, 0.4) is 0 Å². The van der Waals surface area contributed by atoms with Crippen molar-refractivity contribution in [3.8, 4) is 11.5 Å². The van der Waals surface area contributed by atoms with Crippen LogP contribution in [-0.4, -0.2) is 50.0 Å². The number of ether oxygens (including phenoxy) is 2. The normalized spacial score (nSPS) is 15.7. The van der Waals surface area contributed by atoms with Crippen molar-refractivity contribution >= 4 is 29.3 Å². The lowest BCUT2D eigenvalue weighted by atomic mass is 10.3. The Morgan fingerprint density at radius 3 is 2.68 bits per heavy atom. The molecule has 1 heterocycles. The second kappa shape index (κ2) is 10.9. The largest absolute Gasteiger partial charge is 0.490 e. The topological polar surface area (TPSA) is 84.0 Å². The van der Waals surface area contributed by atoms with E-state index in [1.807, 2.05) is 36.4 Å². The van der Waals surface area contributed by atoms with Crippen molar-refractivity contribution in [3.05, 3.63) is 48.5 Å². The van der Waals surface area contributed by atoms with Gasteiger partial charge in [-0.05, 0) is 37.1 Å². The van der Waals surface area contributed by atoms with Crippen LogP contribution in [-0.2, 0) is 4.79 Å². The number of amides is 1. The molecule has 1 aliphatic carbocycles. The average Bonchev–Trinajstić information content (AvgIpc) is 3.62. The Kier molecular flexibility index (Phi) is 7.55. The fraction of sp³-hybridized carbons (Fsp3) is 0.391. The molecular formula is C23H28N4O3S. The summed E-state index contributed by atoms with van der Waals surface area (Å²) in [5.41, 5.74) is 0.828. The summed E-state index contributed by atoms with van der Waals surface area (Å²) >= 11 is 1.77. The van der Waals surface area contributed by atoms with Gasteiger partial charge in [-0.15, -0.1) is 11.8 Å². The van der Waals surface area contributed by atoms with Gasteiger partial charge in [0, 0.05) is 41.4 Å². The van der Waals surface area contributed by atoms with Gasteiger partial charge in [0.15, 0.2) is 17.5 Å². The minimum atomic E-state index is -0.0547. The van der Waals surface area contributed by atoms with E-state index in [1.54, 1.807) is 11.8 Å². The summed E-state index contributed by atoms with van der Waals surface area (Å²) in [7, 11) is 0. The number of benzene rings is 2. The fourth-order valence-electron chi connectivity index (χ4n) is 3.02. The van der Waals surface area contributed by atoms with E-state index in [4.69, 9.17) is 9.47 Å². The summed E-state index contributed by atoms with van der Waals surface area (Å²) in [6.07, 6.45) is 2.99. The summed E-state index contributed by atoms with van der Waals surface area (Å²) in [5.74, 6) is 2.85. The molecule has 1 aliphatic heterocycles. The number of guanidine groups is 1. The Morgan fingerprint density at radius 2 is 1.87 bits per heavy atom. The first kappa shape index (κ1) is 21.4. The molecule has 1 saturated carbocycles. The van der Waals surface area contributed by atoms with Crippen molar-refractivity contribution in [1.29, 1.82) is 0 Å². The maximum Gasteiger partial charge on any atom is 0.242 e. The van der Waals surface area contributed by atoms with E-state index in [-0.39, 0.29) is 12.5 Å². The zero-order chi connectivity index (χ0) is 21.3. The summed E-state index contributed by atoms with van der Waals surface area (Å²) in [4.78, 5) is 17.8. The van der Waals surface area contributed by atoms with Crippen LogP contribution in [0.5, 0.6) is 11.5 Å². The Hall–Kier alpha value is -2.87. The molecule has 0 bridgehead atoms. The fourth-order valence-corrected chi connectivity index (χ4v) is 3.81. The molecule has 3 N–H and O–H groups in total. The van der Waals surface area contributed by atoms with Crippen molar-refractivity contribution in [2.75, 3.05) is 37.4 Å². The molecule has 2 aliphatic rings. The molecule has 7 nitrogen and oxygen atoms in total. The van der Waals surface area contributed by atoms with Crippen molar-refractivity contribution < 1.29 is 14.3 Å². The summed E-state index contributed by atoms with van der Waals surface area (Å²) in [6, 6.07) is 16.3. The highest BCUT2D eigenvalue weighted by Gasteiger charge is 2.22. The molecular weight excluding hydrogens is 412 g/mol. The summed E-state index contributed by atoms with van der Waals surface area (Å²) in [6.45, 7) is 2.08. The van der Waals surface area contributed by atoms with Crippen LogP contribution in [0.2, 0.25) is 0 Å². The number of nitrogens with zero attached hydrogens (tertiary/aromatic N) is 1. The maximum atomic E-state index is 12.1. The van der Waals surface area contributed by atoms with Crippen molar-refractivity contribution in [2.24, 2.45) is 4.99 Å². The van der Waals surface area contributed by atoms with Crippen molar-refractivity contribution in [2.45, 2.75) is 30.2 Å². The number of nitrogens with one attached hydrogen (secondary N) is 3. The minimum absolute atomic E-state index is 0.0547. The lowest BCUT2D eigenvalue weighted by Crippen LogP contribution is -2.35. The van der Waals surface area contributed by atoms with E-state index in [1.165, 1.54) is 4.90 Å². The summed E-state index contributed by atoms with van der Waals surface area (Å²) < 4.78 is 11.5. The number of carbonyl (C=O) groups excluding carboxylic acids is 1. The van der Waals surface area contributed by atoms with Gasteiger partial charge in [-0.1, -0.05) is 18.2 Å². The average molecular weight is 441 g/mol. The molecule has 2 aromatic carbocycles. The molecule has 0 atom stereocenters. The van der Waals surface area contributed by atoms with Crippen LogP contribution in [0, 0.1) is 0 Å². The van der Waals surface area contributed by atoms with Crippen LogP contribution >= 0.6 is 11.8 Å². The number of carbonyl (C=O) groups is 1. The highest BCUT2D eigenvalue weighted by molar-refractivity contribution is 7.99. The number of hydrogen-bond acceptors (Lipinski definition) is 5. The SMILES string of the molecule is O=C(CN=C(NCCSc1ccccc1)Nc1ccc2c(c1)OCCCO2)NC1CC1. The van der Waals surface area contributed by atoms with Gasteiger partial charge in [0.1, 0.15) is 6.54 Å². The van der Waals surface area contributed by atoms with E-state index in [9.17, 15) is 4.79 Å². The molecule has 1 amide bonds. The minimum Gasteiger partial charge on any atom is -0.490 e. The highest BCUT2D eigenvalue weighted by atomic mass is 32.2. The highest BCUT2D eigenvalue weighted by Crippen LogP contribution is 2.32. The number of hydrogen-bond donors (Lipinski definition) is 3. The molecule has 31 heavy (non-hydrogen) atoms. The molecule has 0 spiro atoms. The Bertz CT molecular complexity index is 903. The van der Waals surface area contributed by atoms with Crippen LogP contribution in [0.4, 0.5) is 5.69 Å². The molecule has 0 aromatic heterocycles. The predicted octanol–water partition coefficient (Wildman–Crippen LogP) is 3.28. The van der Waals surface area contributed by atoms with Gasteiger partial charge in [0.2, 0.25) is 5.91 Å². The number of thioether (sulfide) groups is 1. The first-order valence-electron chi connectivity index (χ1n) is 10.7. The lowest BCUT2D eigenvalue weighted by molar-refractivity contribution is -0.119. The van der Waals surface area contributed by atoms with Gasteiger partial charge >= 0.3 is 0 Å². The maximum absolute atomic E-state index is 12.1. The van der Waals surface area contributed by atoms with Gasteiger partial charge in [-0.25, -0.2) is 4.99 Å². The van der Waals surface area contributed by atoms with E-state index in [2.05, 4.69) is 33.1 Å². The smallest absolute Gasteiger partial charge is 0.242 e. The Morgan fingerprint density at radius 1 is 1.06 bits per heavy atom. The Labute approximate surface area is 187 Å². The molecule has 1 fully saturated rings. The van der Waals surface area contributed by atoms with Crippen molar-refractivity contribution in [1.82, 2.24) is 10.6 Å².